The van der Waals surface area contributed by atoms with Gasteiger partial charge in [-0.15, -0.1) is 0 Å². The zero-order chi connectivity index (χ0) is 13.4. The van der Waals surface area contributed by atoms with Crippen molar-refractivity contribution in [2.45, 2.75) is 38.4 Å². The Balaban J connectivity index is 1.77. The van der Waals surface area contributed by atoms with Gasteiger partial charge in [-0.3, -0.25) is 4.90 Å². The second-order valence-electron chi connectivity index (χ2n) is 5.45. The first-order chi connectivity index (χ1) is 9.11. The molecule has 0 saturated carbocycles. The number of pyridine rings is 1. The first-order valence-electron chi connectivity index (χ1n) is 6.74. The van der Waals surface area contributed by atoms with Crippen LogP contribution in [0.25, 0.3) is 5.65 Å². The van der Waals surface area contributed by atoms with Crippen molar-refractivity contribution in [3.63, 3.8) is 0 Å². The summed E-state index contributed by atoms with van der Waals surface area (Å²) in [5.74, 6) is 0. The van der Waals surface area contributed by atoms with Gasteiger partial charge in [-0.2, -0.15) is 0 Å². The average Bonchev–Trinajstić information content (AvgIpc) is 2.74. The Labute approximate surface area is 118 Å². The van der Waals surface area contributed by atoms with Crippen molar-refractivity contribution in [3.05, 3.63) is 35.2 Å². The van der Waals surface area contributed by atoms with Crippen LogP contribution in [-0.4, -0.2) is 32.9 Å². The van der Waals surface area contributed by atoms with Crippen LogP contribution >= 0.6 is 11.6 Å². The predicted molar refractivity (Wildman–Crippen MR) is 77.3 cm³/mol. The molecule has 0 aliphatic carbocycles. The lowest BCUT2D eigenvalue weighted by Crippen LogP contribution is -2.45. The van der Waals surface area contributed by atoms with Gasteiger partial charge in [0.25, 0.3) is 0 Å². The molecule has 1 fully saturated rings. The van der Waals surface area contributed by atoms with E-state index in [0.717, 1.165) is 42.3 Å². The van der Waals surface area contributed by atoms with E-state index in [2.05, 4.69) is 23.0 Å². The third kappa shape index (κ3) is 2.76. The van der Waals surface area contributed by atoms with E-state index in [1.807, 2.05) is 22.7 Å². The second kappa shape index (κ2) is 5.12. The van der Waals surface area contributed by atoms with Gasteiger partial charge in [-0.05, 0) is 31.9 Å². The van der Waals surface area contributed by atoms with Crippen LogP contribution in [0.15, 0.2) is 24.5 Å². The van der Waals surface area contributed by atoms with Crippen molar-refractivity contribution >= 4 is 17.2 Å². The first kappa shape index (κ1) is 12.9. The van der Waals surface area contributed by atoms with Gasteiger partial charge in [-0.25, -0.2) is 4.98 Å². The third-order valence-corrected chi connectivity index (χ3v) is 4.11. The van der Waals surface area contributed by atoms with E-state index in [9.17, 15) is 0 Å². The molecular formula is C14H19ClN4. The first-order valence-corrected chi connectivity index (χ1v) is 7.12. The van der Waals surface area contributed by atoms with Crippen molar-refractivity contribution < 1.29 is 0 Å². The van der Waals surface area contributed by atoms with Crippen molar-refractivity contribution in [2.75, 3.05) is 6.54 Å². The largest absolute Gasteiger partial charge is 0.328 e. The predicted octanol–water partition coefficient (Wildman–Crippen LogP) is 2.30. The van der Waals surface area contributed by atoms with Gasteiger partial charge >= 0.3 is 0 Å². The van der Waals surface area contributed by atoms with Crippen LogP contribution in [0.1, 0.15) is 25.5 Å². The Bertz CT molecular complexity index is 580. The molecule has 0 bridgehead atoms. The van der Waals surface area contributed by atoms with Crippen LogP contribution in [0, 0.1) is 0 Å². The molecule has 1 saturated heterocycles. The van der Waals surface area contributed by atoms with Crippen molar-refractivity contribution in [1.29, 1.82) is 0 Å². The molecule has 2 unspecified atom stereocenters. The number of nitrogens with two attached hydrogens (primary N) is 1. The Hall–Kier alpha value is -1.10. The Morgan fingerprint density at radius 2 is 2.26 bits per heavy atom. The second-order valence-corrected chi connectivity index (χ2v) is 5.89. The summed E-state index contributed by atoms with van der Waals surface area (Å²) in [6, 6.07) is 4.70. The van der Waals surface area contributed by atoms with Crippen molar-refractivity contribution in [2.24, 2.45) is 5.73 Å². The lowest BCUT2D eigenvalue weighted by atomic mass is 9.99. The maximum atomic E-state index is 6.00. The van der Waals surface area contributed by atoms with E-state index < -0.39 is 0 Å². The lowest BCUT2D eigenvalue weighted by Gasteiger charge is -2.35. The molecule has 19 heavy (non-hydrogen) atoms. The normalized spacial score (nSPS) is 25.0. The SMILES string of the molecule is CC1CC(N)CCN1Cc1cn2cc(Cl)ccc2n1. The molecule has 3 heterocycles. The number of nitrogens with zero attached hydrogens (tertiary/aromatic N) is 3. The standard InChI is InChI=1S/C14H19ClN4/c1-10-6-12(16)4-5-18(10)8-13-9-19-7-11(15)2-3-14(19)17-13/h2-3,7,9-10,12H,4-6,8,16H2,1H3. The van der Waals surface area contributed by atoms with E-state index in [1.165, 1.54) is 0 Å². The van der Waals surface area contributed by atoms with Crippen molar-refractivity contribution in [1.82, 2.24) is 14.3 Å². The number of rotatable bonds is 2. The van der Waals surface area contributed by atoms with Gasteiger partial charge < -0.3 is 10.1 Å². The molecule has 2 N–H and O–H groups in total. The summed E-state index contributed by atoms with van der Waals surface area (Å²) in [4.78, 5) is 7.08. The quantitative estimate of drug-likeness (QED) is 0.917. The minimum Gasteiger partial charge on any atom is -0.328 e. The molecular weight excluding hydrogens is 260 g/mol. The van der Waals surface area contributed by atoms with Crippen LogP contribution < -0.4 is 5.73 Å². The molecule has 1 aliphatic rings. The number of piperidine rings is 1. The molecule has 5 heteroatoms. The highest BCUT2D eigenvalue weighted by atomic mass is 35.5. The monoisotopic (exact) mass is 278 g/mol. The smallest absolute Gasteiger partial charge is 0.137 e. The number of aromatic nitrogens is 2. The van der Waals surface area contributed by atoms with Crippen LogP contribution in [0.4, 0.5) is 0 Å². The van der Waals surface area contributed by atoms with Crippen LogP contribution in [0.3, 0.4) is 0 Å². The Morgan fingerprint density at radius 3 is 3.05 bits per heavy atom. The third-order valence-electron chi connectivity index (χ3n) is 3.88. The van der Waals surface area contributed by atoms with E-state index >= 15 is 0 Å². The summed E-state index contributed by atoms with van der Waals surface area (Å²) in [6.07, 6.45) is 6.09. The molecule has 4 nitrogen and oxygen atoms in total. The summed E-state index contributed by atoms with van der Waals surface area (Å²) in [5, 5.41) is 0.730. The Kier molecular flexibility index (Phi) is 3.48. The highest BCUT2D eigenvalue weighted by molar-refractivity contribution is 6.30. The summed E-state index contributed by atoms with van der Waals surface area (Å²) < 4.78 is 1.98. The zero-order valence-corrected chi connectivity index (χ0v) is 11.8. The van der Waals surface area contributed by atoms with Gasteiger partial charge in [0, 0.05) is 37.6 Å². The minimum atomic E-state index is 0.353. The maximum absolute atomic E-state index is 6.00. The highest BCUT2D eigenvalue weighted by Crippen LogP contribution is 2.19. The minimum absolute atomic E-state index is 0.353. The molecule has 0 amide bonds. The van der Waals surface area contributed by atoms with Gasteiger partial charge in [-0.1, -0.05) is 11.6 Å². The molecule has 2 aromatic heterocycles. The summed E-state index contributed by atoms with van der Waals surface area (Å²) >= 11 is 5.99. The van der Waals surface area contributed by atoms with E-state index in [1.54, 1.807) is 0 Å². The molecule has 0 spiro atoms. The molecule has 2 aromatic rings. The highest BCUT2D eigenvalue weighted by Gasteiger charge is 2.23. The van der Waals surface area contributed by atoms with E-state index in [4.69, 9.17) is 17.3 Å². The Morgan fingerprint density at radius 1 is 1.42 bits per heavy atom. The number of hydrogen-bond acceptors (Lipinski definition) is 3. The molecule has 1 aliphatic heterocycles. The van der Waals surface area contributed by atoms with Crippen molar-refractivity contribution in [3.8, 4) is 0 Å². The molecule has 2 atom stereocenters. The number of hydrogen-bond donors (Lipinski definition) is 1. The average molecular weight is 279 g/mol. The van der Waals surface area contributed by atoms with Crippen LogP contribution in [-0.2, 0) is 6.54 Å². The molecule has 3 rings (SSSR count). The zero-order valence-electron chi connectivity index (χ0n) is 11.1. The molecule has 0 aromatic carbocycles. The lowest BCUT2D eigenvalue weighted by molar-refractivity contribution is 0.138. The number of halogens is 1. The fourth-order valence-electron chi connectivity index (χ4n) is 2.79. The number of imidazole rings is 1. The number of likely N-dealkylation sites (tertiary alicyclic amines) is 1. The summed E-state index contributed by atoms with van der Waals surface area (Å²) in [7, 11) is 0. The van der Waals surface area contributed by atoms with Gasteiger partial charge in [0.15, 0.2) is 0 Å². The summed E-state index contributed by atoms with van der Waals surface area (Å²) in [6.45, 7) is 4.18. The van der Waals surface area contributed by atoms with Gasteiger partial charge in [0.2, 0.25) is 0 Å². The summed E-state index contributed by atoms with van der Waals surface area (Å²) in [5.41, 5.74) is 8.03. The fourth-order valence-corrected chi connectivity index (χ4v) is 2.96. The fraction of sp³-hybridized carbons (Fsp3) is 0.500. The van der Waals surface area contributed by atoms with E-state index in [0.29, 0.717) is 12.1 Å². The van der Waals surface area contributed by atoms with Gasteiger partial charge in [0.1, 0.15) is 5.65 Å². The van der Waals surface area contributed by atoms with Crippen LogP contribution in [0.2, 0.25) is 5.02 Å². The van der Waals surface area contributed by atoms with Gasteiger partial charge in [0.05, 0.1) is 10.7 Å². The number of fused-ring (bicyclic) bond motifs is 1. The molecule has 0 radical (unpaired) electrons. The van der Waals surface area contributed by atoms with E-state index in [-0.39, 0.29) is 0 Å². The topological polar surface area (TPSA) is 46.6 Å². The maximum Gasteiger partial charge on any atom is 0.137 e. The van der Waals surface area contributed by atoms with Crippen LogP contribution in [0.5, 0.6) is 0 Å². The molecule has 102 valence electrons.